The molecule has 1 aromatic heterocycles. The highest BCUT2D eigenvalue weighted by atomic mass is 32.2. The van der Waals surface area contributed by atoms with Gasteiger partial charge in [0.1, 0.15) is 5.69 Å². The molecule has 1 aromatic rings. The first-order chi connectivity index (χ1) is 8.22. The third-order valence-electron chi connectivity index (χ3n) is 3.22. The summed E-state index contributed by atoms with van der Waals surface area (Å²) in [5, 5.41) is 9.96. The minimum atomic E-state index is -0.147. The van der Waals surface area contributed by atoms with E-state index in [1.807, 2.05) is 11.8 Å². The van der Waals surface area contributed by atoms with E-state index in [2.05, 4.69) is 21.8 Å². The minimum absolute atomic E-state index is 0.147. The normalized spacial score (nSPS) is 24.5. The zero-order chi connectivity index (χ0) is 12.3. The van der Waals surface area contributed by atoms with E-state index in [4.69, 9.17) is 5.73 Å². The van der Waals surface area contributed by atoms with E-state index in [0.29, 0.717) is 16.6 Å². The number of H-pyrrole nitrogens is 1. The zero-order valence-corrected chi connectivity index (χ0v) is 10.7. The van der Waals surface area contributed by atoms with Gasteiger partial charge in [0.25, 0.3) is 5.91 Å². The van der Waals surface area contributed by atoms with Crippen LogP contribution in [-0.2, 0) is 0 Å². The van der Waals surface area contributed by atoms with Gasteiger partial charge in [0.15, 0.2) is 0 Å². The monoisotopic (exact) mass is 254 g/mol. The van der Waals surface area contributed by atoms with Crippen LogP contribution in [0.1, 0.15) is 36.2 Å². The molecule has 5 nitrogen and oxygen atoms in total. The number of carbonyl (C=O) groups is 1. The van der Waals surface area contributed by atoms with Crippen molar-refractivity contribution in [3.05, 3.63) is 11.9 Å². The summed E-state index contributed by atoms with van der Waals surface area (Å²) in [6.45, 7) is 0. The van der Waals surface area contributed by atoms with Gasteiger partial charge in [-0.15, -0.1) is 0 Å². The summed E-state index contributed by atoms with van der Waals surface area (Å²) >= 11 is 1.83. The van der Waals surface area contributed by atoms with Gasteiger partial charge in [0.2, 0.25) is 0 Å². The molecule has 1 fully saturated rings. The van der Waals surface area contributed by atoms with Gasteiger partial charge < -0.3 is 11.1 Å². The molecule has 94 valence electrons. The van der Waals surface area contributed by atoms with Gasteiger partial charge in [-0.1, -0.05) is 12.8 Å². The molecule has 1 heterocycles. The first-order valence-electron chi connectivity index (χ1n) is 5.85. The molecular formula is C11H18N4OS. The fraction of sp³-hybridized carbons (Fsp3) is 0.636. The topological polar surface area (TPSA) is 83.8 Å². The second-order valence-corrected chi connectivity index (χ2v) is 5.42. The lowest BCUT2D eigenvalue weighted by atomic mass is 9.95. The molecule has 2 unspecified atom stereocenters. The molecule has 0 saturated heterocycles. The number of aromatic nitrogens is 2. The molecule has 0 aromatic carbocycles. The number of thioether (sulfide) groups is 1. The van der Waals surface area contributed by atoms with Crippen molar-refractivity contribution < 1.29 is 4.79 Å². The van der Waals surface area contributed by atoms with Crippen molar-refractivity contribution in [1.29, 1.82) is 0 Å². The highest BCUT2D eigenvalue weighted by Crippen LogP contribution is 2.27. The van der Waals surface area contributed by atoms with Crippen LogP contribution < -0.4 is 11.1 Å². The standard InChI is InChI=1S/C11H18N4OS/c1-17-9-5-3-2-4-8(9)14-11(16)10-7(12)6-13-15-10/h6,8-9H,2-5,12H2,1H3,(H,13,15)(H,14,16). The quantitative estimate of drug-likeness (QED) is 0.761. The maximum absolute atomic E-state index is 12.0. The summed E-state index contributed by atoms with van der Waals surface area (Å²) in [4.78, 5) is 12.0. The van der Waals surface area contributed by atoms with Crippen LogP contribution in [0.4, 0.5) is 5.69 Å². The SMILES string of the molecule is CSC1CCCCC1NC(=O)c1[nH]ncc1N. The Hall–Kier alpha value is -1.17. The van der Waals surface area contributed by atoms with Crippen LogP contribution in [0.5, 0.6) is 0 Å². The molecule has 2 rings (SSSR count). The first kappa shape index (κ1) is 12.3. The third kappa shape index (κ3) is 2.74. The Kier molecular flexibility index (Phi) is 3.93. The van der Waals surface area contributed by atoms with Crippen molar-refractivity contribution >= 4 is 23.4 Å². The molecule has 1 amide bonds. The summed E-state index contributed by atoms with van der Waals surface area (Å²) in [7, 11) is 0. The predicted octanol–water partition coefficient (Wildman–Crippen LogP) is 1.40. The van der Waals surface area contributed by atoms with E-state index in [0.717, 1.165) is 6.42 Å². The van der Waals surface area contributed by atoms with E-state index in [-0.39, 0.29) is 11.9 Å². The molecule has 0 aliphatic heterocycles. The fourth-order valence-corrected chi connectivity index (χ4v) is 3.20. The maximum Gasteiger partial charge on any atom is 0.271 e. The Labute approximate surface area is 105 Å². The molecule has 2 atom stereocenters. The average Bonchev–Trinajstić information content (AvgIpc) is 2.76. The van der Waals surface area contributed by atoms with Crippen molar-refractivity contribution in [2.75, 3.05) is 12.0 Å². The predicted molar refractivity (Wildman–Crippen MR) is 70.0 cm³/mol. The van der Waals surface area contributed by atoms with Crippen LogP contribution in [0.15, 0.2) is 6.20 Å². The number of nitrogens with two attached hydrogens (primary N) is 1. The fourth-order valence-electron chi connectivity index (χ4n) is 2.26. The van der Waals surface area contributed by atoms with E-state index in [1.54, 1.807) is 0 Å². The number of hydrogen-bond acceptors (Lipinski definition) is 4. The van der Waals surface area contributed by atoms with E-state index < -0.39 is 0 Å². The van der Waals surface area contributed by atoms with Gasteiger partial charge in [0.05, 0.1) is 11.9 Å². The summed E-state index contributed by atoms with van der Waals surface area (Å²) in [6, 6.07) is 0.244. The van der Waals surface area contributed by atoms with E-state index >= 15 is 0 Å². The molecule has 4 N–H and O–H groups in total. The van der Waals surface area contributed by atoms with Gasteiger partial charge in [-0.25, -0.2) is 0 Å². The average molecular weight is 254 g/mol. The van der Waals surface area contributed by atoms with Crippen LogP contribution in [0.2, 0.25) is 0 Å². The Morgan fingerprint density at radius 3 is 3.00 bits per heavy atom. The third-order valence-corrected chi connectivity index (χ3v) is 4.39. The Morgan fingerprint density at radius 2 is 2.35 bits per heavy atom. The molecule has 0 radical (unpaired) electrons. The first-order valence-corrected chi connectivity index (χ1v) is 7.13. The van der Waals surface area contributed by atoms with Gasteiger partial charge in [-0.05, 0) is 19.1 Å². The summed E-state index contributed by atoms with van der Waals surface area (Å²) in [5.41, 5.74) is 6.43. The summed E-state index contributed by atoms with van der Waals surface area (Å²) in [6.07, 6.45) is 8.21. The van der Waals surface area contributed by atoms with Crippen LogP contribution in [0.25, 0.3) is 0 Å². The molecule has 1 saturated carbocycles. The zero-order valence-electron chi connectivity index (χ0n) is 9.90. The van der Waals surface area contributed by atoms with Crippen molar-refractivity contribution in [3.8, 4) is 0 Å². The van der Waals surface area contributed by atoms with Crippen molar-refractivity contribution in [1.82, 2.24) is 15.5 Å². The molecular weight excluding hydrogens is 236 g/mol. The van der Waals surface area contributed by atoms with Crippen LogP contribution in [-0.4, -0.2) is 33.7 Å². The number of anilines is 1. The number of carbonyl (C=O) groups excluding carboxylic acids is 1. The molecule has 1 aliphatic rings. The number of nitrogens with one attached hydrogen (secondary N) is 2. The summed E-state index contributed by atoms with van der Waals surface area (Å²) in [5.74, 6) is -0.147. The van der Waals surface area contributed by atoms with Crippen molar-refractivity contribution in [3.63, 3.8) is 0 Å². The molecule has 6 heteroatoms. The number of aromatic amines is 1. The smallest absolute Gasteiger partial charge is 0.271 e. The number of nitrogen functional groups attached to an aromatic ring is 1. The molecule has 17 heavy (non-hydrogen) atoms. The highest BCUT2D eigenvalue weighted by molar-refractivity contribution is 7.99. The van der Waals surface area contributed by atoms with Gasteiger partial charge in [-0.2, -0.15) is 16.9 Å². The highest BCUT2D eigenvalue weighted by Gasteiger charge is 2.26. The minimum Gasteiger partial charge on any atom is -0.396 e. The second kappa shape index (κ2) is 5.44. The van der Waals surface area contributed by atoms with Crippen LogP contribution in [0.3, 0.4) is 0 Å². The lowest BCUT2D eigenvalue weighted by Crippen LogP contribution is -2.44. The number of rotatable bonds is 3. The lowest BCUT2D eigenvalue weighted by molar-refractivity contribution is 0.0925. The lowest BCUT2D eigenvalue weighted by Gasteiger charge is -2.30. The molecule has 0 spiro atoms. The van der Waals surface area contributed by atoms with Crippen LogP contribution >= 0.6 is 11.8 Å². The molecule has 0 bridgehead atoms. The Morgan fingerprint density at radius 1 is 1.59 bits per heavy atom. The second-order valence-electron chi connectivity index (χ2n) is 4.34. The number of amides is 1. The number of hydrogen-bond donors (Lipinski definition) is 3. The van der Waals surface area contributed by atoms with Crippen LogP contribution in [0, 0.1) is 0 Å². The van der Waals surface area contributed by atoms with Gasteiger partial charge >= 0.3 is 0 Å². The van der Waals surface area contributed by atoms with E-state index in [9.17, 15) is 4.79 Å². The van der Waals surface area contributed by atoms with Gasteiger partial charge in [0, 0.05) is 11.3 Å². The Balaban J connectivity index is 2.00. The van der Waals surface area contributed by atoms with Gasteiger partial charge in [-0.3, -0.25) is 9.89 Å². The van der Waals surface area contributed by atoms with E-state index in [1.165, 1.54) is 25.5 Å². The number of nitrogens with zero attached hydrogens (tertiary/aromatic N) is 1. The summed E-state index contributed by atoms with van der Waals surface area (Å²) < 4.78 is 0. The molecule has 1 aliphatic carbocycles. The largest absolute Gasteiger partial charge is 0.396 e. The maximum atomic E-state index is 12.0. The van der Waals surface area contributed by atoms with Crippen molar-refractivity contribution in [2.45, 2.75) is 37.0 Å². The Bertz CT molecular complexity index is 393. The van der Waals surface area contributed by atoms with Crippen molar-refractivity contribution in [2.24, 2.45) is 0 Å².